The summed E-state index contributed by atoms with van der Waals surface area (Å²) in [6, 6.07) is 20.1. The topological polar surface area (TPSA) is 24.8 Å². The maximum absolute atomic E-state index is 6.53. The van der Waals surface area contributed by atoms with Crippen molar-refractivity contribution in [2.75, 3.05) is 0 Å². The van der Waals surface area contributed by atoms with Gasteiger partial charge in [0.05, 0.1) is 16.8 Å². The van der Waals surface area contributed by atoms with Crippen LogP contribution in [0.4, 0.5) is 0 Å². The van der Waals surface area contributed by atoms with E-state index < -0.39 is 6.23 Å². The molecular formula is C23H17BrCl2N2O. The molecule has 5 rings (SSSR count). The predicted octanol–water partition coefficient (Wildman–Crippen LogP) is 7.31. The third kappa shape index (κ3) is 3.43. The molecule has 2 heterocycles. The van der Waals surface area contributed by atoms with Crippen LogP contribution in [0.1, 0.15) is 40.9 Å². The van der Waals surface area contributed by atoms with Gasteiger partial charge in [0, 0.05) is 27.0 Å². The number of hydrogen-bond donors (Lipinski definition) is 0. The Labute approximate surface area is 188 Å². The second-order valence-electron chi connectivity index (χ2n) is 7.33. The minimum absolute atomic E-state index is 0.0734. The molecule has 0 N–H and O–H groups in total. The molecular weight excluding hydrogens is 471 g/mol. The van der Waals surface area contributed by atoms with Crippen LogP contribution in [-0.2, 0) is 0 Å². The number of halogens is 3. The number of ether oxygens (including phenoxy) is 1. The van der Waals surface area contributed by atoms with Crippen molar-refractivity contribution in [2.24, 2.45) is 5.10 Å². The van der Waals surface area contributed by atoms with E-state index in [0.717, 1.165) is 39.0 Å². The Morgan fingerprint density at radius 1 is 1.00 bits per heavy atom. The van der Waals surface area contributed by atoms with Gasteiger partial charge >= 0.3 is 0 Å². The second-order valence-corrected chi connectivity index (χ2v) is 9.09. The fraction of sp³-hybridized carbons (Fsp3) is 0.174. The Morgan fingerprint density at radius 3 is 2.55 bits per heavy atom. The molecule has 0 radical (unpaired) electrons. The van der Waals surface area contributed by atoms with E-state index in [4.69, 9.17) is 33.0 Å². The van der Waals surface area contributed by atoms with Crippen molar-refractivity contribution in [3.05, 3.63) is 97.4 Å². The lowest BCUT2D eigenvalue weighted by Crippen LogP contribution is -2.33. The van der Waals surface area contributed by atoms with E-state index in [1.807, 2.05) is 29.3 Å². The SMILES string of the molecule is Cc1ccc(C2=NN3[C@@H](c4ccc(Cl)cc4Cl)Oc4ccc(Br)cc4[C@@H]3C2)cc1. The highest BCUT2D eigenvalue weighted by atomic mass is 79.9. The number of hydrogen-bond acceptors (Lipinski definition) is 3. The summed E-state index contributed by atoms with van der Waals surface area (Å²) in [6.45, 7) is 2.09. The number of nitrogens with zero attached hydrogens (tertiary/aromatic N) is 2. The molecule has 0 saturated heterocycles. The first kappa shape index (κ1) is 19.0. The first-order valence-corrected chi connectivity index (χ1v) is 10.9. The zero-order valence-corrected chi connectivity index (χ0v) is 18.7. The molecule has 3 nitrogen and oxygen atoms in total. The van der Waals surface area contributed by atoms with Gasteiger partial charge in [-0.25, -0.2) is 5.01 Å². The minimum atomic E-state index is -0.415. The molecule has 6 heteroatoms. The quantitative estimate of drug-likeness (QED) is 0.378. The Morgan fingerprint density at radius 2 is 1.79 bits per heavy atom. The molecule has 146 valence electrons. The summed E-state index contributed by atoms with van der Waals surface area (Å²) in [5, 5.41) is 8.17. The predicted molar refractivity (Wildman–Crippen MR) is 121 cm³/mol. The summed E-state index contributed by atoms with van der Waals surface area (Å²) in [6.07, 6.45) is 0.388. The van der Waals surface area contributed by atoms with Gasteiger partial charge in [-0.1, -0.05) is 75.0 Å². The van der Waals surface area contributed by atoms with Crippen molar-refractivity contribution >= 4 is 44.8 Å². The van der Waals surface area contributed by atoms with Gasteiger partial charge in [0.2, 0.25) is 6.23 Å². The molecule has 2 atom stereocenters. The maximum atomic E-state index is 6.53. The largest absolute Gasteiger partial charge is 0.464 e. The van der Waals surface area contributed by atoms with Crippen LogP contribution < -0.4 is 4.74 Å². The number of aryl methyl sites for hydroxylation is 1. The average Bonchev–Trinajstić information content (AvgIpc) is 3.14. The fourth-order valence-electron chi connectivity index (χ4n) is 3.89. The molecule has 0 amide bonds. The lowest BCUT2D eigenvalue weighted by Gasteiger charge is -2.38. The van der Waals surface area contributed by atoms with Crippen LogP contribution in [0.25, 0.3) is 0 Å². The van der Waals surface area contributed by atoms with Gasteiger partial charge in [0.15, 0.2) is 0 Å². The van der Waals surface area contributed by atoms with Gasteiger partial charge in [-0.3, -0.25) is 0 Å². The van der Waals surface area contributed by atoms with Gasteiger partial charge in [0.25, 0.3) is 0 Å². The number of benzene rings is 3. The summed E-state index contributed by atoms with van der Waals surface area (Å²) < 4.78 is 7.40. The van der Waals surface area contributed by atoms with Crippen molar-refractivity contribution in [1.82, 2.24) is 5.01 Å². The molecule has 2 aliphatic heterocycles. The second kappa shape index (κ2) is 7.35. The summed E-state index contributed by atoms with van der Waals surface area (Å²) in [7, 11) is 0. The molecule has 2 aliphatic rings. The first-order chi connectivity index (χ1) is 14.0. The number of rotatable bonds is 2. The van der Waals surface area contributed by atoms with Gasteiger partial charge in [-0.15, -0.1) is 0 Å². The van der Waals surface area contributed by atoms with Crippen LogP contribution in [0.2, 0.25) is 10.0 Å². The highest BCUT2D eigenvalue weighted by molar-refractivity contribution is 9.10. The van der Waals surface area contributed by atoms with Gasteiger partial charge in [0.1, 0.15) is 5.75 Å². The Hall–Kier alpha value is -2.01. The molecule has 0 unspecified atom stereocenters. The molecule has 0 bridgehead atoms. The van der Waals surface area contributed by atoms with Crippen molar-refractivity contribution < 1.29 is 4.74 Å². The third-order valence-electron chi connectivity index (χ3n) is 5.37. The third-order valence-corrected chi connectivity index (χ3v) is 6.42. The molecule has 3 aromatic rings. The van der Waals surface area contributed by atoms with E-state index in [9.17, 15) is 0 Å². The monoisotopic (exact) mass is 486 g/mol. The lowest BCUT2D eigenvalue weighted by molar-refractivity contribution is -0.0190. The number of hydrazone groups is 1. The fourth-order valence-corrected chi connectivity index (χ4v) is 4.77. The maximum Gasteiger partial charge on any atom is 0.215 e. The molecule has 0 aliphatic carbocycles. The van der Waals surface area contributed by atoms with Crippen LogP contribution in [0.3, 0.4) is 0 Å². The smallest absolute Gasteiger partial charge is 0.215 e. The van der Waals surface area contributed by atoms with Gasteiger partial charge < -0.3 is 4.74 Å². The first-order valence-electron chi connectivity index (χ1n) is 9.33. The van der Waals surface area contributed by atoms with E-state index >= 15 is 0 Å². The molecule has 0 fully saturated rings. The van der Waals surface area contributed by atoms with Crippen LogP contribution >= 0.6 is 39.1 Å². The zero-order chi connectivity index (χ0) is 20.1. The standard InChI is InChI=1S/C23H17BrCl2N2O/c1-13-2-4-14(5-3-13)20-12-21-18-10-15(24)6-9-22(18)29-23(28(21)27-20)17-8-7-16(25)11-19(17)26/h2-11,21,23H,12H2,1H3/t21-,23+/m0/s1. The molecule has 0 aromatic heterocycles. The van der Waals surface area contributed by atoms with E-state index in [-0.39, 0.29) is 6.04 Å². The summed E-state index contributed by atoms with van der Waals surface area (Å²) in [5.74, 6) is 0.853. The number of fused-ring (bicyclic) bond motifs is 3. The Kier molecular flexibility index (Phi) is 4.81. The van der Waals surface area contributed by atoms with Crippen LogP contribution in [0.5, 0.6) is 5.75 Å². The average molecular weight is 488 g/mol. The van der Waals surface area contributed by atoms with Crippen LogP contribution in [0.15, 0.2) is 70.2 Å². The summed E-state index contributed by atoms with van der Waals surface area (Å²) >= 11 is 16.2. The van der Waals surface area contributed by atoms with Gasteiger partial charge in [-0.05, 0) is 42.8 Å². The van der Waals surface area contributed by atoms with E-state index in [2.05, 4.69) is 53.2 Å². The normalized spacial score (nSPS) is 20.0. The molecule has 3 aromatic carbocycles. The van der Waals surface area contributed by atoms with E-state index in [1.165, 1.54) is 5.56 Å². The Bertz CT molecular complexity index is 1130. The van der Waals surface area contributed by atoms with E-state index in [0.29, 0.717) is 10.0 Å². The molecule has 0 saturated carbocycles. The van der Waals surface area contributed by atoms with Crippen LogP contribution in [0, 0.1) is 6.92 Å². The molecule has 0 spiro atoms. The lowest BCUT2D eigenvalue weighted by atomic mass is 9.95. The summed E-state index contributed by atoms with van der Waals surface area (Å²) in [5.41, 5.74) is 5.37. The van der Waals surface area contributed by atoms with E-state index in [1.54, 1.807) is 6.07 Å². The highest BCUT2D eigenvalue weighted by Gasteiger charge is 2.41. The Balaban J connectivity index is 1.62. The van der Waals surface area contributed by atoms with Crippen molar-refractivity contribution in [3.8, 4) is 5.75 Å². The van der Waals surface area contributed by atoms with Crippen molar-refractivity contribution in [1.29, 1.82) is 0 Å². The van der Waals surface area contributed by atoms with Crippen molar-refractivity contribution in [2.45, 2.75) is 25.6 Å². The molecule has 29 heavy (non-hydrogen) atoms. The van der Waals surface area contributed by atoms with Crippen LogP contribution in [-0.4, -0.2) is 10.7 Å². The van der Waals surface area contributed by atoms with Gasteiger partial charge in [-0.2, -0.15) is 5.10 Å². The zero-order valence-electron chi connectivity index (χ0n) is 15.6. The minimum Gasteiger partial charge on any atom is -0.464 e. The highest BCUT2D eigenvalue weighted by Crippen LogP contribution is 2.49. The summed E-state index contributed by atoms with van der Waals surface area (Å²) in [4.78, 5) is 0. The van der Waals surface area contributed by atoms with Crippen molar-refractivity contribution in [3.63, 3.8) is 0 Å².